The van der Waals surface area contributed by atoms with Crippen LogP contribution >= 0.6 is 11.8 Å². The van der Waals surface area contributed by atoms with Gasteiger partial charge in [0.15, 0.2) is 0 Å². The zero-order valence-electron chi connectivity index (χ0n) is 9.50. The second-order valence-corrected chi connectivity index (χ2v) is 4.97. The summed E-state index contributed by atoms with van der Waals surface area (Å²) in [4.78, 5) is 11.4. The number of carbonyl (C=O) groups is 1. The van der Waals surface area contributed by atoms with Gasteiger partial charge in [-0.2, -0.15) is 11.8 Å². The molecular weight excluding hydrogens is 225 g/mol. The molecule has 0 radical (unpaired) electrons. The fourth-order valence-corrected chi connectivity index (χ4v) is 1.98. The van der Waals surface area contributed by atoms with Crippen molar-refractivity contribution in [1.82, 2.24) is 0 Å². The molecule has 4 heteroatoms. The van der Waals surface area contributed by atoms with E-state index in [0.29, 0.717) is 11.7 Å². The molecule has 88 valence electrons. The third kappa shape index (κ3) is 4.66. The quantitative estimate of drug-likeness (QED) is 0.858. The second-order valence-electron chi connectivity index (χ2n) is 3.94. The molecule has 1 amide bonds. The predicted molar refractivity (Wildman–Crippen MR) is 67.2 cm³/mol. The largest absolute Gasteiger partial charge is 0.323 e. The van der Waals surface area contributed by atoms with Gasteiger partial charge in [-0.25, -0.2) is 4.39 Å². The first-order chi connectivity index (χ1) is 7.59. The lowest BCUT2D eigenvalue weighted by atomic mass is 10.3. The first kappa shape index (κ1) is 13.0. The number of para-hydroxylation sites is 1. The Morgan fingerprint density at radius 1 is 1.44 bits per heavy atom. The van der Waals surface area contributed by atoms with Crippen LogP contribution in [0.2, 0.25) is 0 Å². The third-order valence-corrected chi connectivity index (χ3v) is 3.20. The highest BCUT2D eigenvalue weighted by atomic mass is 32.2. The summed E-state index contributed by atoms with van der Waals surface area (Å²) in [6, 6.07) is 6.18. The van der Waals surface area contributed by atoms with Gasteiger partial charge in [0, 0.05) is 0 Å². The van der Waals surface area contributed by atoms with E-state index in [0.717, 1.165) is 5.75 Å². The molecule has 0 aliphatic rings. The molecule has 1 aromatic rings. The summed E-state index contributed by atoms with van der Waals surface area (Å²) < 4.78 is 13.2. The number of thioether (sulfide) groups is 1. The van der Waals surface area contributed by atoms with Crippen molar-refractivity contribution < 1.29 is 9.18 Å². The predicted octanol–water partition coefficient (Wildman–Crippen LogP) is 3.15. The molecule has 0 aliphatic heterocycles. The standard InChI is InChI=1S/C12H16FNOS/c1-9(2)7-16-8-12(15)14-11-6-4-3-5-10(11)13/h3-6,9H,7-8H2,1-2H3,(H,14,15). The third-order valence-electron chi connectivity index (χ3n) is 1.83. The van der Waals surface area contributed by atoms with E-state index < -0.39 is 5.82 Å². The second kappa shape index (κ2) is 6.53. The van der Waals surface area contributed by atoms with Crippen LogP contribution in [0.15, 0.2) is 24.3 Å². The summed E-state index contributed by atoms with van der Waals surface area (Å²) in [5, 5.41) is 2.55. The minimum absolute atomic E-state index is 0.157. The Morgan fingerprint density at radius 3 is 2.75 bits per heavy atom. The van der Waals surface area contributed by atoms with Gasteiger partial charge >= 0.3 is 0 Å². The number of benzene rings is 1. The van der Waals surface area contributed by atoms with Crippen LogP contribution in [-0.2, 0) is 4.79 Å². The average Bonchev–Trinajstić information content (AvgIpc) is 2.21. The van der Waals surface area contributed by atoms with E-state index in [1.807, 2.05) is 0 Å². The molecule has 0 spiro atoms. The van der Waals surface area contributed by atoms with Crippen LogP contribution in [-0.4, -0.2) is 17.4 Å². The molecule has 0 atom stereocenters. The molecular formula is C12H16FNOS. The molecule has 0 bridgehead atoms. The van der Waals surface area contributed by atoms with E-state index in [1.54, 1.807) is 30.0 Å². The number of rotatable bonds is 5. The number of carbonyl (C=O) groups excluding carboxylic acids is 1. The zero-order chi connectivity index (χ0) is 12.0. The Balaban J connectivity index is 2.37. The zero-order valence-corrected chi connectivity index (χ0v) is 10.3. The highest BCUT2D eigenvalue weighted by Gasteiger charge is 2.06. The van der Waals surface area contributed by atoms with E-state index in [-0.39, 0.29) is 11.6 Å². The van der Waals surface area contributed by atoms with Crippen molar-refractivity contribution in [3.05, 3.63) is 30.1 Å². The van der Waals surface area contributed by atoms with Crippen LogP contribution in [0, 0.1) is 11.7 Å². The van der Waals surface area contributed by atoms with Gasteiger partial charge in [-0.05, 0) is 23.8 Å². The SMILES string of the molecule is CC(C)CSCC(=O)Nc1ccccc1F. The summed E-state index contributed by atoms with van der Waals surface area (Å²) in [5.41, 5.74) is 0.248. The number of hydrogen-bond acceptors (Lipinski definition) is 2. The molecule has 0 aliphatic carbocycles. The molecule has 16 heavy (non-hydrogen) atoms. The summed E-state index contributed by atoms with van der Waals surface area (Å²) in [5.74, 6) is 1.31. The first-order valence-corrected chi connectivity index (χ1v) is 6.37. The molecule has 0 fully saturated rings. The van der Waals surface area contributed by atoms with Crippen LogP contribution in [0.1, 0.15) is 13.8 Å². The number of amides is 1. The van der Waals surface area contributed by atoms with Crippen LogP contribution in [0.5, 0.6) is 0 Å². The van der Waals surface area contributed by atoms with Crippen molar-refractivity contribution in [1.29, 1.82) is 0 Å². The monoisotopic (exact) mass is 241 g/mol. The van der Waals surface area contributed by atoms with Crippen molar-refractivity contribution in [2.24, 2.45) is 5.92 Å². The minimum atomic E-state index is -0.398. The maximum Gasteiger partial charge on any atom is 0.234 e. The molecule has 1 rings (SSSR count). The van der Waals surface area contributed by atoms with Gasteiger partial charge in [0.1, 0.15) is 5.82 Å². The van der Waals surface area contributed by atoms with Crippen LogP contribution in [0.4, 0.5) is 10.1 Å². The molecule has 0 aromatic heterocycles. The van der Waals surface area contributed by atoms with E-state index >= 15 is 0 Å². The van der Waals surface area contributed by atoms with Gasteiger partial charge in [-0.1, -0.05) is 26.0 Å². The summed E-state index contributed by atoms with van der Waals surface area (Å²) >= 11 is 1.56. The topological polar surface area (TPSA) is 29.1 Å². The fraction of sp³-hybridized carbons (Fsp3) is 0.417. The normalized spacial score (nSPS) is 10.5. The van der Waals surface area contributed by atoms with Crippen LogP contribution in [0.3, 0.4) is 0 Å². The van der Waals surface area contributed by atoms with Crippen molar-refractivity contribution >= 4 is 23.4 Å². The maximum absolute atomic E-state index is 13.2. The highest BCUT2D eigenvalue weighted by molar-refractivity contribution is 7.99. The summed E-state index contributed by atoms with van der Waals surface area (Å²) in [7, 11) is 0. The van der Waals surface area contributed by atoms with E-state index in [1.165, 1.54) is 6.07 Å². The Morgan fingerprint density at radius 2 is 2.12 bits per heavy atom. The molecule has 2 nitrogen and oxygen atoms in total. The molecule has 0 saturated carbocycles. The van der Waals surface area contributed by atoms with Crippen LogP contribution < -0.4 is 5.32 Å². The Labute approximate surface area is 99.6 Å². The van der Waals surface area contributed by atoms with E-state index in [4.69, 9.17) is 0 Å². The number of anilines is 1. The van der Waals surface area contributed by atoms with E-state index in [9.17, 15) is 9.18 Å². The average molecular weight is 241 g/mol. The molecule has 0 saturated heterocycles. The highest BCUT2D eigenvalue weighted by Crippen LogP contribution is 2.13. The smallest absolute Gasteiger partial charge is 0.234 e. The van der Waals surface area contributed by atoms with Crippen molar-refractivity contribution in [2.75, 3.05) is 16.8 Å². The van der Waals surface area contributed by atoms with Gasteiger partial charge in [0.25, 0.3) is 0 Å². The Bertz CT molecular complexity index is 355. The van der Waals surface area contributed by atoms with Gasteiger partial charge in [-0.15, -0.1) is 0 Å². The van der Waals surface area contributed by atoms with Gasteiger partial charge < -0.3 is 5.32 Å². The lowest BCUT2D eigenvalue weighted by Gasteiger charge is -2.07. The molecule has 0 heterocycles. The molecule has 1 N–H and O–H groups in total. The minimum Gasteiger partial charge on any atom is -0.323 e. The molecule has 1 aromatic carbocycles. The lowest BCUT2D eigenvalue weighted by molar-refractivity contribution is -0.113. The van der Waals surface area contributed by atoms with Gasteiger partial charge in [0.2, 0.25) is 5.91 Å². The first-order valence-electron chi connectivity index (χ1n) is 5.21. The Kier molecular flexibility index (Phi) is 5.32. The van der Waals surface area contributed by atoms with Crippen molar-refractivity contribution in [3.63, 3.8) is 0 Å². The number of halogens is 1. The number of nitrogens with one attached hydrogen (secondary N) is 1. The summed E-state index contributed by atoms with van der Waals surface area (Å²) in [6.45, 7) is 4.20. The van der Waals surface area contributed by atoms with E-state index in [2.05, 4.69) is 19.2 Å². The molecule has 0 unspecified atom stereocenters. The van der Waals surface area contributed by atoms with Gasteiger partial charge in [0.05, 0.1) is 11.4 Å². The van der Waals surface area contributed by atoms with Gasteiger partial charge in [-0.3, -0.25) is 4.79 Å². The lowest BCUT2D eigenvalue weighted by Crippen LogP contribution is -2.15. The van der Waals surface area contributed by atoms with Crippen molar-refractivity contribution in [2.45, 2.75) is 13.8 Å². The number of hydrogen-bond donors (Lipinski definition) is 1. The van der Waals surface area contributed by atoms with Crippen molar-refractivity contribution in [3.8, 4) is 0 Å². The fourth-order valence-electron chi connectivity index (χ4n) is 1.14. The summed E-state index contributed by atoms with van der Waals surface area (Å²) in [6.07, 6.45) is 0. The van der Waals surface area contributed by atoms with Crippen LogP contribution in [0.25, 0.3) is 0 Å². The Hall–Kier alpha value is -1.03. The maximum atomic E-state index is 13.2.